The maximum absolute atomic E-state index is 5.90. The van der Waals surface area contributed by atoms with Crippen LogP contribution in [0, 0.1) is 0 Å². The fourth-order valence-corrected chi connectivity index (χ4v) is 4.53. The summed E-state index contributed by atoms with van der Waals surface area (Å²) in [7, 11) is 0. The average Bonchev–Trinajstić information content (AvgIpc) is 2.53. The van der Waals surface area contributed by atoms with Gasteiger partial charge in [0.25, 0.3) is 0 Å². The number of thiocarbonyl (C=S) groups is 1. The predicted octanol–water partition coefficient (Wildman–Crippen LogP) is 3.29. The average molecular weight is 322 g/mol. The zero-order chi connectivity index (χ0) is 14.7. The molecule has 0 aromatic carbocycles. The summed E-state index contributed by atoms with van der Waals surface area (Å²) in [5, 5.41) is 4.21. The van der Waals surface area contributed by atoms with Gasteiger partial charge in [-0.3, -0.25) is 0 Å². The number of nitrogens with one attached hydrogen (secondary N) is 1. The Morgan fingerprint density at radius 3 is 2.95 bits per heavy atom. The number of hydrogen-bond acceptors (Lipinski definition) is 4. The minimum Gasteiger partial charge on any atom is -0.389 e. The van der Waals surface area contributed by atoms with Crippen LogP contribution in [0.15, 0.2) is 6.07 Å². The number of rotatable bonds is 4. The molecule has 114 valence electrons. The van der Waals surface area contributed by atoms with Crippen molar-refractivity contribution in [2.24, 2.45) is 5.73 Å². The molecule has 1 saturated heterocycles. The predicted molar refractivity (Wildman–Crippen MR) is 95.4 cm³/mol. The Kier molecular flexibility index (Phi) is 5.01. The van der Waals surface area contributed by atoms with Gasteiger partial charge in [-0.2, -0.15) is 11.8 Å². The van der Waals surface area contributed by atoms with Gasteiger partial charge in [0.05, 0.1) is 5.56 Å². The molecule has 21 heavy (non-hydrogen) atoms. The highest BCUT2D eigenvalue weighted by Crippen LogP contribution is 2.27. The van der Waals surface area contributed by atoms with Crippen molar-refractivity contribution in [2.75, 3.05) is 17.6 Å². The first kappa shape index (κ1) is 15.1. The molecule has 2 aliphatic rings. The fraction of sp³-hybridized carbons (Fsp3) is 0.625. The summed E-state index contributed by atoms with van der Waals surface area (Å²) in [5.41, 5.74) is 9.40. The van der Waals surface area contributed by atoms with E-state index in [1.807, 2.05) is 0 Å². The number of thioether (sulfide) groups is 1. The van der Waals surface area contributed by atoms with Gasteiger partial charge < -0.3 is 11.1 Å². The van der Waals surface area contributed by atoms with Crippen molar-refractivity contribution in [1.82, 2.24) is 4.98 Å². The second kappa shape index (κ2) is 6.97. The molecule has 1 aromatic heterocycles. The molecule has 3 rings (SSSR count). The van der Waals surface area contributed by atoms with Gasteiger partial charge in [-0.05, 0) is 55.9 Å². The van der Waals surface area contributed by atoms with Crippen molar-refractivity contribution >= 4 is 34.8 Å². The van der Waals surface area contributed by atoms with E-state index in [-0.39, 0.29) is 0 Å². The zero-order valence-electron chi connectivity index (χ0n) is 12.4. The molecule has 1 aliphatic carbocycles. The minimum atomic E-state index is 0.453. The van der Waals surface area contributed by atoms with Gasteiger partial charge in [0.15, 0.2) is 0 Å². The second-order valence-electron chi connectivity index (χ2n) is 5.93. The van der Waals surface area contributed by atoms with Crippen LogP contribution in [-0.4, -0.2) is 27.5 Å². The molecule has 0 saturated carbocycles. The SMILES string of the molecule is NC(=S)c1cc2c(nc1NCC1CCCCS1)CCCC2. The molecule has 0 spiro atoms. The van der Waals surface area contributed by atoms with Gasteiger partial charge in [-0.1, -0.05) is 18.6 Å². The van der Waals surface area contributed by atoms with Gasteiger partial charge in [0, 0.05) is 17.5 Å². The highest BCUT2D eigenvalue weighted by Gasteiger charge is 2.18. The first-order valence-electron chi connectivity index (χ1n) is 7.92. The van der Waals surface area contributed by atoms with Crippen LogP contribution in [0.2, 0.25) is 0 Å². The first-order valence-corrected chi connectivity index (χ1v) is 9.38. The maximum Gasteiger partial charge on any atom is 0.136 e. The molecule has 0 amide bonds. The second-order valence-corrected chi connectivity index (χ2v) is 7.78. The van der Waals surface area contributed by atoms with Crippen LogP contribution in [0.1, 0.15) is 48.9 Å². The molecule has 3 N–H and O–H groups in total. The summed E-state index contributed by atoms with van der Waals surface area (Å²) in [6, 6.07) is 2.17. The summed E-state index contributed by atoms with van der Waals surface area (Å²) in [4.78, 5) is 5.28. The largest absolute Gasteiger partial charge is 0.389 e. The summed E-state index contributed by atoms with van der Waals surface area (Å²) < 4.78 is 0. The third kappa shape index (κ3) is 3.69. The molecule has 1 aromatic rings. The van der Waals surface area contributed by atoms with Crippen molar-refractivity contribution in [3.8, 4) is 0 Å². The molecule has 0 bridgehead atoms. The topological polar surface area (TPSA) is 50.9 Å². The van der Waals surface area contributed by atoms with E-state index in [9.17, 15) is 0 Å². The van der Waals surface area contributed by atoms with Gasteiger partial charge in [-0.25, -0.2) is 4.98 Å². The van der Waals surface area contributed by atoms with Crippen LogP contribution in [0.5, 0.6) is 0 Å². The Balaban J connectivity index is 1.77. The Bertz CT molecular complexity index is 524. The van der Waals surface area contributed by atoms with Crippen LogP contribution in [0.25, 0.3) is 0 Å². The van der Waals surface area contributed by atoms with Crippen molar-refractivity contribution in [3.05, 3.63) is 22.9 Å². The Hall–Kier alpha value is -0.810. The molecule has 0 radical (unpaired) electrons. The summed E-state index contributed by atoms with van der Waals surface area (Å²) in [6.07, 6.45) is 8.68. The number of nitrogens with two attached hydrogens (primary N) is 1. The molecule has 2 heterocycles. The van der Waals surface area contributed by atoms with Crippen molar-refractivity contribution in [2.45, 2.75) is 50.2 Å². The van der Waals surface area contributed by atoms with Gasteiger partial charge >= 0.3 is 0 Å². The lowest BCUT2D eigenvalue weighted by molar-refractivity contribution is 0.664. The third-order valence-corrected chi connectivity index (χ3v) is 5.96. The smallest absolute Gasteiger partial charge is 0.136 e. The summed E-state index contributed by atoms with van der Waals surface area (Å²) >= 11 is 7.29. The Morgan fingerprint density at radius 2 is 2.19 bits per heavy atom. The zero-order valence-corrected chi connectivity index (χ0v) is 14.0. The quantitative estimate of drug-likeness (QED) is 0.834. The minimum absolute atomic E-state index is 0.453. The van der Waals surface area contributed by atoms with Crippen LogP contribution in [0.3, 0.4) is 0 Å². The molecular formula is C16H23N3S2. The van der Waals surface area contributed by atoms with E-state index in [1.165, 1.54) is 49.1 Å². The van der Waals surface area contributed by atoms with E-state index in [1.54, 1.807) is 0 Å². The fourth-order valence-electron chi connectivity index (χ4n) is 3.14. The highest BCUT2D eigenvalue weighted by atomic mass is 32.2. The monoisotopic (exact) mass is 321 g/mol. The summed E-state index contributed by atoms with van der Waals surface area (Å²) in [6.45, 7) is 0.964. The molecular weight excluding hydrogens is 298 g/mol. The number of aryl methyl sites for hydroxylation is 2. The first-order chi connectivity index (χ1) is 10.2. The van der Waals surface area contributed by atoms with Crippen LogP contribution >= 0.6 is 24.0 Å². The normalized spacial score (nSPS) is 21.6. The van der Waals surface area contributed by atoms with Crippen molar-refractivity contribution < 1.29 is 0 Å². The van der Waals surface area contributed by atoms with E-state index >= 15 is 0 Å². The van der Waals surface area contributed by atoms with Crippen LogP contribution < -0.4 is 11.1 Å². The molecule has 1 fully saturated rings. The molecule has 3 nitrogen and oxygen atoms in total. The maximum atomic E-state index is 5.90. The third-order valence-electron chi connectivity index (χ3n) is 4.34. The van der Waals surface area contributed by atoms with Crippen molar-refractivity contribution in [3.63, 3.8) is 0 Å². The lowest BCUT2D eigenvalue weighted by Crippen LogP contribution is -2.23. The number of nitrogens with zero attached hydrogens (tertiary/aromatic N) is 1. The number of fused-ring (bicyclic) bond motifs is 1. The number of hydrogen-bond donors (Lipinski definition) is 2. The van der Waals surface area contributed by atoms with Gasteiger partial charge in [0.1, 0.15) is 10.8 Å². The van der Waals surface area contributed by atoms with E-state index in [4.69, 9.17) is 22.9 Å². The van der Waals surface area contributed by atoms with Gasteiger partial charge in [0.2, 0.25) is 0 Å². The van der Waals surface area contributed by atoms with Gasteiger partial charge in [-0.15, -0.1) is 0 Å². The molecule has 1 aliphatic heterocycles. The molecule has 1 unspecified atom stereocenters. The number of anilines is 1. The highest BCUT2D eigenvalue weighted by molar-refractivity contribution is 7.99. The van der Waals surface area contributed by atoms with Crippen LogP contribution in [0.4, 0.5) is 5.82 Å². The Labute approximate surface area is 136 Å². The summed E-state index contributed by atoms with van der Waals surface area (Å²) in [5.74, 6) is 2.18. The standard InChI is InChI=1S/C16H23N3S2/c17-15(20)13-9-11-5-1-2-7-14(11)19-16(13)18-10-12-6-3-4-8-21-12/h9,12H,1-8,10H2,(H2,17,20)(H,18,19). The molecule has 1 atom stereocenters. The van der Waals surface area contributed by atoms with Crippen molar-refractivity contribution in [1.29, 1.82) is 0 Å². The van der Waals surface area contributed by atoms with E-state index in [2.05, 4.69) is 23.1 Å². The Morgan fingerprint density at radius 1 is 1.33 bits per heavy atom. The lowest BCUT2D eigenvalue weighted by Gasteiger charge is -2.23. The number of pyridine rings is 1. The number of aromatic nitrogens is 1. The van der Waals surface area contributed by atoms with Crippen LogP contribution in [-0.2, 0) is 12.8 Å². The van der Waals surface area contributed by atoms with E-state index < -0.39 is 0 Å². The lowest BCUT2D eigenvalue weighted by atomic mass is 9.94. The van der Waals surface area contributed by atoms with E-state index in [0.717, 1.165) is 30.8 Å². The van der Waals surface area contributed by atoms with E-state index in [0.29, 0.717) is 10.2 Å². The molecule has 5 heteroatoms.